The lowest BCUT2D eigenvalue weighted by molar-refractivity contribution is 0.209. The van der Waals surface area contributed by atoms with Gasteiger partial charge >= 0.3 is 0 Å². The van der Waals surface area contributed by atoms with Crippen molar-refractivity contribution in [3.63, 3.8) is 0 Å². The van der Waals surface area contributed by atoms with E-state index in [1.54, 1.807) is 0 Å². The zero-order chi connectivity index (χ0) is 23.1. The van der Waals surface area contributed by atoms with Gasteiger partial charge in [0.15, 0.2) is 5.82 Å². The molecule has 0 amide bonds. The second-order valence-corrected chi connectivity index (χ2v) is 10.1. The minimum Gasteiger partial charge on any atom is -0.483 e. The summed E-state index contributed by atoms with van der Waals surface area (Å²) in [4.78, 5) is 12.4. The molecule has 1 aromatic heterocycles. The van der Waals surface area contributed by atoms with E-state index in [9.17, 15) is 0 Å². The molecule has 0 radical (unpaired) electrons. The van der Waals surface area contributed by atoms with Crippen LogP contribution in [0.5, 0.6) is 5.75 Å². The summed E-state index contributed by atoms with van der Waals surface area (Å²) in [5.41, 5.74) is 5.96. The first-order chi connectivity index (χ1) is 16.6. The molecule has 0 atom stereocenters. The van der Waals surface area contributed by atoms with E-state index in [0.717, 1.165) is 55.7 Å². The summed E-state index contributed by atoms with van der Waals surface area (Å²) in [6, 6.07) is 16.2. The van der Waals surface area contributed by atoms with Crippen molar-refractivity contribution < 1.29 is 4.74 Å². The van der Waals surface area contributed by atoms with Crippen LogP contribution in [-0.2, 0) is 13.2 Å². The third kappa shape index (κ3) is 4.21. The standard InChI is InChI=1S/C28H35N5O/c1-21(2)31-13-15-32(16-14-31)25-8-5-22(6-9-25)23-7-10-26-27(17-23)34-20-28-29-24(19-33(26)28)18-30-11-3-4-12-30/h5-10,17,19,21H,3-4,11-16,18,20H2,1-2H3. The zero-order valence-electron chi connectivity index (χ0n) is 20.4. The van der Waals surface area contributed by atoms with Crippen LogP contribution in [0, 0.1) is 0 Å². The summed E-state index contributed by atoms with van der Waals surface area (Å²) in [5.74, 6) is 1.93. The van der Waals surface area contributed by atoms with Crippen LogP contribution in [0.4, 0.5) is 5.69 Å². The molecular formula is C28H35N5O. The fraction of sp³-hybridized carbons (Fsp3) is 0.464. The second kappa shape index (κ2) is 9.08. The molecule has 6 heteroatoms. The van der Waals surface area contributed by atoms with Crippen LogP contribution in [-0.4, -0.2) is 64.7 Å². The van der Waals surface area contributed by atoms with Crippen LogP contribution in [0.15, 0.2) is 48.7 Å². The van der Waals surface area contributed by atoms with Gasteiger partial charge in [0, 0.05) is 50.6 Å². The van der Waals surface area contributed by atoms with Gasteiger partial charge in [-0.3, -0.25) is 14.4 Å². The number of aromatic nitrogens is 2. The van der Waals surface area contributed by atoms with Crippen molar-refractivity contribution >= 4 is 5.69 Å². The molecule has 3 aliphatic heterocycles. The minimum atomic E-state index is 0.526. The molecule has 6 nitrogen and oxygen atoms in total. The predicted octanol–water partition coefficient (Wildman–Crippen LogP) is 4.56. The Kier molecular flexibility index (Phi) is 5.79. The number of hydrogen-bond donors (Lipinski definition) is 0. The number of fused-ring (bicyclic) bond motifs is 3. The number of nitrogens with zero attached hydrogens (tertiary/aromatic N) is 5. The highest BCUT2D eigenvalue weighted by Crippen LogP contribution is 2.35. The Bertz CT molecular complexity index is 1140. The number of piperazine rings is 1. The molecule has 0 unspecified atom stereocenters. The topological polar surface area (TPSA) is 36.8 Å². The van der Waals surface area contributed by atoms with Crippen molar-refractivity contribution in [1.82, 2.24) is 19.4 Å². The van der Waals surface area contributed by atoms with Gasteiger partial charge < -0.3 is 9.64 Å². The van der Waals surface area contributed by atoms with Crippen molar-refractivity contribution in [2.45, 2.75) is 45.9 Å². The second-order valence-electron chi connectivity index (χ2n) is 10.1. The van der Waals surface area contributed by atoms with Crippen molar-refractivity contribution in [1.29, 1.82) is 0 Å². The normalized spacial score (nSPS) is 18.7. The molecule has 0 saturated carbocycles. The molecule has 2 aromatic carbocycles. The maximum atomic E-state index is 6.13. The quantitative estimate of drug-likeness (QED) is 0.562. The lowest BCUT2D eigenvalue weighted by atomic mass is 10.0. The third-order valence-corrected chi connectivity index (χ3v) is 7.60. The number of rotatable bonds is 5. The SMILES string of the molecule is CC(C)N1CCN(c2ccc(-c3ccc4c(c3)OCc3nc(CN5CCCC5)cn3-4)cc2)CC1. The monoisotopic (exact) mass is 457 g/mol. The highest BCUT2D eigenvalue weighted by atomic mass is 16.5. The largest absolute Gasteiger partial charge is 0.483 e. The summed E-state index contributed by atoms with van der Waals surface area (Å²) in [6.45, 7) is 12.9. The van der Waals surface area contributed by atoms with Crippen molar-refractivity contribution in [3.05, 3.63) is 60.2 Å². The van der Waals surface area contributed by atoms with E-state index < -0.39 is 0 Å². The third-order valence-electron chi connectivity index (χ3n) is 7.60. The Labute approximate surface area is 202 Å². The lowest BCUT2D eigenvalue weighted by Gasteiger charge is -2.38. The first kappa shape index (κ1) is 21.7. The molecular weight excluding hydrogens is 422 g/mol. The van der Waals surface area contributed by atoms with Crippen molar-refractivity contribution in [2.75, 3.05) is 44.2 Å². The first-order valence-electron chi connectivity index (χ1n) is 12.8. The maximum Gasteiger partial charge on any atom is 0.151 e. The van der Waals surface area contributed by atoms with E-state index in [-0.39, 0.29) is 0 Å². The molecule has 0 bridgehead atoms. The molecule has 6 rings (SSSR count). The van der Waals surface area contributed by atoms with E-state index in [1.807, 2.05) is 0 Å². The Hall–Kier alpha value is -2.83. The molecule has 34 heavy (non-hydrogen) atoms. The van der Waals surface area contributed by atoms with E-state index >= 15 is 0 Å². The molecule has 0 spiro atoms. The van der Waals surface area contributed by atoms with Crippen LogP contribution in [0.1, 0.15) is 38.2 Å². The maximum absolute atomic E-state index is 6.13. The van der Waals surface area contributed by atoms with E-state index in [2.05, 4.69) is 81.8 Å². The molecule has 3 aromatic rings. The Morgan fingerprint density at radius 1 is 0.882 bits per heavy atom. The fourth-order valence-electron chi connectivity index (χ4n) is 5.54. The van der Waals surface area contributed by atoms with Crippen LogP contribution < -0.4 is 9.64 Å². The summed E-state index contributed by atoms with van der Waals surface area (Å²) in [5, 5.41) is 0. The molecule has 0 aliphatic carbocycles. The van der Waals surface area contributed by atoms with Crippen LogP contribution in [0.2, 0.25) is 0 Å². The summed E-state index contributed by atoms with van der Waals surface area (Å²) < 4.78 is 8.35. The predicted molar refractivity (Wildman–Crippen MR) is 137 cm³/mol. The Morgan fingerprint density at radius 2 is 1.62 bits per heavy atom. The van der Waals surface area contributed by atoms with Gasteiger partial charge in [-0.2, -0.15) is 0 Å². The number of ether oxygens (including phenoxy) is 1. The number of benzene rings is 2. The van der Waals surface area contributed by atoms with Gasteiger partial charge in [-0.25, -0.2) is 4.98 Å². The number of anilines is 1. The average molecular weight is 458 g/mol. The molecule has 0 N–H and O–H groups in total. The summed E-state index contributed by atoms with van der Waals surface area (Å²) in [6.07, 6.45) is 4.80. The highest BCUT2D eigenvalue weighted by Gasteiger charge is 2.22. The average Bonchev–Trinajstić information content (AvgIpc) is 3.54. The van der Waals surface area contributed by atoms with Gasteiger partial charge in [-0.15, -0.1) is 0 Å². The zero-order valence-corrected chi connectivity index (χ0v) is 20.4. The van der Waals surface area contributed by atoms with Crippen LogP contribution in [0.3, 0.4) is 0 Å². The molecule has 178 valence electrons. The fourth-order valence-corrected chi connectivity index (χ4v) is 5.54. The number of hydrogen-bond acceptors (Lipinski definition) is 5. The number of likely N-dealkylation sites (tertiary alicyclic amines) is 1. The molecule has 3 aliphatic rings. The molecule has 4 heterocycles. The van der Waals surface area contributed by atoms with E-state index in [0.29, 0.717) is 12.6 Å². The molecule has 2 saturated heterocycles. The van der Waals surface area contributed by atoms with Crippen molar-refractivity contribution in [3.8, 4) is 22.6 Å². The lowest BCUT2D eigenvalue weighted by Crippen LogP contribution is -2.48. The minimum absolute atomic E-state index is 0.526. The Balaban J connectivity index is 1.17. The van der Waals surface area contributed by atoms with Crippen LogP contribution >= 0.6 is 0 Å². The van der Waals surface area contributed by atoms with Gasteiger partial charge in [0.2, 0.25) is 0 Å². The molecule has 2 fully saturated rings. The van der Waals surface area contributed by atoms with Gasteiger partial charge in [0.25, 0.3) is 0 Å². The smallest absolute Gasteiger partial charge is 0.151 e. The van der Waals surface area contributed by atoms with Gasteiger partial charge in [-0.05, 0) is 75.2 Å². The van der Waals surface area contributed by atoms with E-state index in [4.69, 9.17) is 9.72 Å². The van der Waals surface area contributed by atoms with Crippen LogP contribution in [0.25, 0.3) is 16.8 Å². The Morgan fingerprint density at radius 3 is 2.35 bits per heavy atom. The van der Waals surface area contributed by atoms with Crippen molar-refractivity contribution in [2.24, 2.45) is 0 Å². The summed E-state index contributed by atoms with van der Waals surface area (Å²) >= 11 is 0. The highest BCUT2D eigenvalue weighted by molar-refractivity contribution is 5.70. The number of imidazole rings is 1. The van der Waals surface area contributed by atoms with Gasteiger partial charge in [0.1, 0.15) is 12.4 Å². The van der Waals surface area contributed by atoms with E-state index in [1.165, 1.54) is 42.7 Å². The summed E-state index contributed by atoms with van der Waals surface area (Å²) in [7, 11) is 0. The first-order valence-corrected chi connectivity index (χ1v) is 12.8. The van der Waals surface area contributed by atoms with Gasteiger partial charge in [0.05, 0.1) is 11.4 Å². The van der Waals surface area contributed by atoms with Gasteiger partial charge in [-0.1, -0.05) is 18.2 Å².